The normalized spacial score (nSPS) is 52.2. The maximum Gasteiger partial charge on any atom is 0.140 e. The van der Waals surface area contributed by atoms with Gasteiger partial charge in [-0.1, -0.05) is 18.6 Å². The van der Waals surface area contributed by atoms with E-state index in [9.17, 15) is 15.0 Å². The van der Waals surface area contributed by atoms with Crippen LogP contribution in [-0.2, 0) is 4.79 Å². The van der Waals surface area contributed by atoms with Gasteiger partial charge in [-0.2, -0.15) is 0 Å². The predicted molar refractivity (Wildman–Crippen MR) is 88.7 cm³/mol. The van der Waals surface area contributed by atoms with Crippen molar-refractivity contribution in [1.29, 1.82) is 0 Å². The van der Waals surface area contributed by atoms with E-state index in [1.165, 1.54) is 5.57 Å². The number of hydrogen-bond acceptors (Lipinski definition) is 3. The Morgan fingerprint density at radius 1 is 1.13 bits per heavy atom. The van der Waals surface area contributed by atoms with E-state index in [0.29, 0.717) is 30.0 Å². The van der Waals surface area contributed by atoms with Crippen molar-refractivity contribution in [2.45, 2.75) is 77.4 Å². The summed E-state index contributed by atoms with van der Waals surface area (Å²) in [5.74, 6) is 1.83. The van der Waals surface area contributed by atoms with E-state index in [0.717, 1.165) is 44.9 Å². The molecule has 3 saturated carbocycles. The van der Waals surface area contributed by atoms with Crippen molar-refractivity contribution in [3.05, 3.63) is 11.6 Å². The maximum absolute atomic E-state index is 12.8. The first kappa shape index (κ1) is 15.8. The average molecular weight is 318 g/mol. The molecular formula is C20H30O3. The minimum Gasteiger partial charge on any atom is -0.393 e. The van der Waals surface area contributed by atoms with Crippen molar-refractivity contribution >= 4 is 5.78 Å². The van der Waals surface area contributed by atoms with E-state index in [-0.39, 0.29) is 23.0 Å². The zero-order chi connectivity index (χ0) is 16.4. The number of hydrogen-bond donors (Lipinski definition) is 2. The molecule has 0 unspecified atom stereocenters. The molecule has 0 aliphatic heterocycles. The second kappa shape index (κ2) is 5.16. The lowest BCUT2D eigenvalue weighted by Crippen LogP contribution is -2.54. The number of allylic oxidation sites excluding steroid dienone is 1. The topological polar surface area (TPSA) is 57.5 Å². The Morgan fingerprint density at radius 2 is 1.91 bits per heavy atom. The van der Waals surface area contributed by atoms with Crippen LogP contribution >= 0.6 is 0 Å². The summed E-state index contributed by atoms with van der Waals surface area (Å²) in [6, 6.07) is 0. The quantitative estimate of drug-likeness (QED) is 0.730. The van der Waals surface area contributed by atoms with Gasteiger partial charge in [-0.25, -0.2) is 0 Å². The standard InChI is InChI=1S/C20H30O3/c1-12(21)20-10-7-14(22)11-13(20)3-4-15-16-5-6-18(23)19(16,2)9-8-17(15)20/h3,14-18,22-23H,4-11H2,1-2H3/t14-,15-,16-,17-,18-,19-,20+/m0/s1. The molecule has 0 aromatic carbocycles. The number of aliphatic hydroxyl groups excluding tert-OH is 2. The van der Waals surface area contributed by atoms with E-state index in [1.807, 2.05) is 0 Å². The number of rotatable bonds is 1. The summed E-state index contributed by atoms with van der Waals surface area (Å²) in [6.07, 6.45) is 9.29. The Labute approximate surface area is 139 Å². The SMILES string of the molecule is CC(=O)[C@]12CC[C@H](O)CC1=CC[C@@H]1[C@@H]2CC[C@]2(C)[C@@H](O)CC[C@@H]12. The van der Waals surface area contributed by atoms with Gasteiger partial charge in [0, 0.05) is 0 Å². The third kappa shape index (κ3) is 1.99. The number of ketones is 1. The van der Waals surface area contributed by atoms with Gasteiger partial charge in [0.05, 0.1) is 17.6 Å². The van der Waals surface area contributed by atoms with E-state index < -0.39 is 0 Å². The van der Waals surface area contributed by atoms with Gasteiger partial charge in [-0.15, -0.1) is 0 Å². The largest absolute Gasteiger partial charge is 0.393 e. The molecule has 0 bridgehead atoms. The molecule has 0 amide bonds. The summed E-state index contributed by atoms with van der Waals surface area (Å²) < 4.78 is 0. The third-order valence-electron chi connectivity index (χ3n) is 8.19. The van der Waals surface area contributed by atoms with Gasteiger partial charge in [0.25, 0.3) is 0 Å². The molecule has 0 spiro atoms. The summed E-state index contributed by atoms with van der Waals surface area (Å²) >= 11 is 0. The fraction of sp³-hybridized carbons (Fsp3) is 0.850. The predicted octanol–water partition coefficient (Wildman–Crippen LogP) is 3.24. The number of fused-ring (bicyclic) bond motifs is 5. The Kier molecular flexibility index (Phi) is 3.55. The van der Waals surface area contributed by atoms with Crippen LogP contribution < -0.4 is 0 Å². The summed E-state index contributed by atoms with van der Waals surface area (Å²) in [5, 5.41) is 20.6. The Morgan fingerprint density at radius 3 is 2.65 bits per heavy atom. The van der Waals surface area contributed by atoms with E-state index >= 15 is 0 Å². The minimum atomic E-state index is -0.309. The van der Waals surface area contributed by atoms with Gasteiger partial charge in [-0.05, 0) is 81.5 Å². The molecule has 3 nitrogen and oxygen atoms in total. The molecule has 0 aromatic rings. The molecule has 4 aliphatic carbocycles. The van der Waals surface area contributed by atoms with Crippen LogP contribution in [0.2, 0.25) is 0 Å². The first-order chi connectivity index (χ1) is 10.9. The molecule has 0 saturated heterocycles. The number of aliphatic hydroxyl groups is 2. The number of carbonyl (C=O) groups excluding carboxylic acids is 1. The summed E-state index contributed by atoms with van der Waals surface area (Å²) in [6.45, 7) is 4.04. The highest BCUT2D eigenvalue weighted by Crippen LogP contribution is 2.65. The van der Waals surface area contributed by atoms with Crippen LogP contribution in [0.15, 0.2) is 11.6 Å². The number of Topliss-reactive ketones (excluding diaryl/α,β-unsaturated/α-hetero) is 1. The first-order valence-corrected chi connectivity index (χ1v) is 9.46. The zero-order valence-electron chi connectivity index (χ0n) is 14.4. The van der Waals surface area contributed by atoms with Crippen LogP contribution in [0.25, 0.3) is 0 Å². The van der Waals surface area contributed by atoms with Crippen molar-refractivity contribution in [2.24, 2.45) is 28.6 Å². The van der Waals surface area contributed by atoms with E-state index in [4.69, 9.17) is 0 Å². The summed E-state index contributed by atoms with van der Waals surface area (Å²) in [7, 11) is 0. The zero-order valence-corrected chi connectivity index (χ0v) is 14.4. The molecule has 2 N–H and O–H groups in total. The van der Waals surface area contributed by atoms with Crippen molar-refractivity contribution in [3.8, 4) is 0 Å². The van der Waals surface area contributed by atoms with Gasteiger partial charge < -0.3 is 10.2 Å². The van der Waals surface area contributed by atoms with Crippen molar-refractivity contribution < 1.29 is 15.0 Å². The summed E-state index contributed by atoms with van der Waals surface area (Å²) in [4.78, 5) is 12.8. The molecule has 128 valence electrons. The maximum atomic E-state index is 12.8. The fourth-order valence-electron chi connectivity index (χ4n) is 6.92. The van der Waals surface area contributed by atoms with E-state index in [1.54, 1.807) is 6.92 Å². The second-order valence-electron chi connectivity index (χ2n) is 8.90. The van der Waals surface area contributed by atoms with Crippen molar-refractivity contribution in [2.75, 3.05) is 0 Å². The number of carbonyl (C=O) groups is 1. The van der Waals surface area contributed by atoms with Gasteiger partial charge in [-0.3, -0.25) is 4.79 Å². The second-order valence-corrected chi connectivity index (χ2v) is 8.90. The van der Waals surface area contributed by atoms with Crippen LogP contribution in [0.3, 0.4) is 0 Å². The van der Waals surface area contributed by atoms with Gasteiger partial charge >= 0.3 is 0 Å². The van der Waals surface area contributed by atoms with Gasteiger partial charge in [0.2, 0.25) is 0 Å². The molecule has 7 atom stereocenters. The molecule has 3 heteroatoms. The lowest BCUT2D eigenvalue weighted by molar-refractivity contribution is -0.138. The molecule has 3 fully saturated rings. The smallest absolute Gasteiger partial charge is 0.140 e. The molecule has 23 heavy (non-hydrogen) atoms. The monoisotopic (exact) mass is 318 g/mol. The highest BCUT2D eigenvalue weighted by atomic mass is 16.3. The fourth-order valence-corrected chi connectivity index (χ4v) is 6.92. The summed E-state index contributed by atoms with van der Waals surface area (Å²) in [5.41, 5.74) is 0.975. The average Bonchev–Trinajstić information content (AvgIpc) is 2.82. The van der Waals surface area contributed by atoms with Crippen molar-refractivity contribution in [1.82, 2.24) is 0 Å². The van der Waals surface area contributed by atoms with E-state index in [2.05, 4.69) is 13.0 Å². The highest BCUT2D eigenvalue weighted by molar-refractivity contribution is 5.86. The van der Waals surface area contributed by atoms with Gasteiger partial charge in [0.1, 0.15) is 5.78 Å². The first-order valence-electron chi connectivity index (χ1n) is 9.46. The van der Waals surface area contributed by atoms with Crippen LogP contribution in [-0.4, -0.2) is 28.2 Å². The Balaban J connectivity index is 1.75. The molecule has 0 radical (unpaired) electrons. The van der Waals surface area contributed by atoms with Crippen LogP contribution in [0, 0.1) is 28.6 Å². The van der Waals surface area contributed by atoms with Crippen LogP contribution in [0.5, 0.6) is 0 Å². The molecule has 0 heterocycles. The third-order valence-corrected chi connectivity index (χ3v) is 8.19. The molecule has 4 rings (SSSR count). The lowest BCUT2D eigenvalue weighted by atomic mass is 9.46. The molecule has 4 aliphatic rings. The molecular weight excluding hydrogens is 288 g/mol. The lowest BCUT2D eigenvalue weighted by Gasteiger charge is -2.57. The minimum absolute atomic E-state index is 0.0542. The molecule has 0 aromatic heterocycles. The van der Waals surface area contributed by atoms with Gasteiger partial charge in [0.15, 0.2) is 0 Å². The highest BCUT2D eigenvalue weighted by Gasteiger charge is 2.61. The van der Waals surface area contributed by atoms with Crippen LogP contribution in [0.1, 0.15) is 65.2 Å². The Bertz CT molecular complexity index is 553. The van der Waals surface area contributed by atoms with Crippen LogP contribution in [0.4, 0.5) is 0 Å². The Hall–Kier alpha value is -0.670. The van der Waals surface area contributed by atoms with Crippen molar-refractivity contribution in [3.63, 3.8) is 0 Å².